The van der Waals surface area contributed by atoms with Gasteiger partial charge < -0.3 is 15.5 Å². The zero-order valence-electron chi connectivity index (χ0n) is 27.5. The number of aromatic nitrogens is 5. The number of hydrogen-bond donors (Lipinski definition) is 2. The fourth-order valence-electron chi connectivity index (χ4n) is 6.39. The molecule has 2 N–H and O–H groups in total. The van der Waals surface area contributed by atoms with Gasteiger partial charge >= 0.3 is 6.03 Å². The standard InChI is InChI=1S/C34H41N11O2S/c1-43-22-27(21-39-43)25-9-14-31(36-19-25)45(34(46)38-18-24-7-5-4-6-8-24)30-12-10-28(11-13-30)40-33-37-20-26(17-35)32(41-33)44-16-15-29(23-44)42-48(2,3)47/h4-9,14,19-22,28-30H,10-13,15-16,18,23H2,1-3H3,(H,38,46)(H,37,40,41). The average Bonchev–Trinajstić information content (AvgIpc) is 3.73. The summed E-state index contributed by atoms with van der Waals surface area (Å²) in [4.78, 5) is 31.5. The molecule has 3 aromatic heterocycles. The van der Waals surface area contributed by atoms with E-state index in [0.29, 0.717) is 42.8 Å². The second-order valence-electron chi connectivity index (χ2n) is 12.7. The summed E-state index contributed by atoms with van der Waals surface area (Å²) in [6.07, 6.45) is 14.2. The van der Waals surface area contributed by atoms with Gasteiger partial charge in [-0.15, -0.1) is 0 Å². The van der Waals surface area contributed by atoms with Crippen molar-refractivity contribution in [2.45, 2.75) is 56.8 Å². The monoisotopic (exact) mass is 667 g/mol. The van der Waals surface area contributed by atoms with E-state index in [1.54, 1.807) is 40.7 Å². The molecular weight excluding hydrogens is 627 g/mol. The predicted octanol–water partition coefficient (Wildman–Crippen LogP) is 4.59. The molecule has 2 fully saturated rings. The fraction of sp³-hybridized carbons (Fsp3) is 0.412. The van der Waals surface area contributed by atoms with E-state index in [1.165, 1.54) is 0 Å². The zero-order chi connectivity index (χ0) is 33.7. The number of carbonyl (C=O) groups is 1. The lowest BCUT2D eigenvalue weighted by Crippen LogP contribution is -2.49. The Morgan fingerprint density at radius 3 is 2.50 bits per heavy atom. The van der Waals surface area contributed by atoms with Gasteiger partial charge in [0.15, 0.2) is 5.82 Å². The van der Waals surface area contributed by atoms with Gasteiger partial charge in [-0.1, -0.05) is 30.3 Å². The van der Waals surface area contributed by atoms with Gasteiger partial charge in [0.1, 0.15) is 17.5 Å². The summed E-state index contributed by atoms with van der Waals surface area (Å²) in [7, 11) is -0.341. The topological polar surface area (TPSA) is 157 Å². The first kappa shape index (κ1) is 32.9. The maximum Gasteiger partial charge on any atom is 0.323 e. The molecule has 4 heterocycles. The van der Waals surface area contributed by atoms with Crippen molar-refractivity contribution in [2.24, 2.45) is 11.4 Å². The molecule has 250 valence electrons. The molecule has 1 saturated carbocycles. The minimum Gasteiger partial charge on any atom is -0.353 e. The van der Waals surface area contributed by atoms with Gasteiger partial charge in [-0.25, -0.2) is 19.1 Å². The van der Waals surface area contributed by atoms with Gasteiger partial charge in [-0.05, 0) is 49.8 Å². The summed E-state index contributed by atoms with van der Waals surface area (Å²) < 4.78 is 18.4. The molecule has 1 aliphatic carbocycles. The minimum atomic E-state index is -2.22. The fourth-order valence-corrected chi connectivity index (χ4v) is 7.28. The first-order valence-electron chi connectivity index (χ1n) is 16.2. The normalized spacial score (nSPS) is 19.4. The van der Waals surface area contributed by atoms with Crippen LogP contribution in [-0.4, -0.2) is 78.7 Å². The van der Waals surface area contributed by atoms with Crippen LogP contribution in [0.5, 0.6) is 0 Å². The Hall–Kier alpha value is -5.03. The Morgan fingerprint density at radius 1 is 1.04 bits per heavy atom. The van der Waals surface area contributed by atoms with Crippen LogP contribution in [0, 0.1) is 11.3 Å². The van der Waals surface area contributed by atoms with Crippen LogP contribution in [0.15, 0.2) is 71.6 Å². The number of nitrogens with zero attached hydrogens (tertiary/aromatic N) is 9. The van der Waals surface area contributed by atoms with Crippen molar-refractivity contribution < 1.29 is 9.00 Å². The smallest absolute Gasteiger partial charge is 0.323 e. The van der Waals surface area contributed by atoms with Gasteiger partial charge in [0.25, 0.3) is 0 Å². The van der Waals surface area contributed by atoms with Crippen molar-refractivity contribution in [1.29, 1.82) is 5.26 Å². The lowest BCUT2D eigenvalue weighted by Gasteiger charge is -2.36. The first-order chi connectivity index (χ1) is 23.1. The molecule has 1 unspecified atom stereocenters. The van der Waals surface area contributed by atoms with Crippen LogP contribution in [0.4, 0.5) is 22.4 Å². The number of nitrogens with one attached hydrogen (secondary N) is 2. The molecule has 4 aromatic rings. The third kappa shape index (κ3) is 8.09. The highest BCUT2D eigenvalue weighted by Gasteiger charge is 2.32. The predicted molar refractivity (Wildman–Crippen MR) is 187 cm³/mol. The van der Waals surface area contributed by atoms with Crippen molar-refractivity contribution >= 4 is 33.3 Å². The number of pyridine rings is 1. The third-order valence-corrected chi connectivity index (χ3v) is 9.49. The van der Waals surface area contributed by atoms with Crippen LogP contribution in [0.1, 0.15) is 43.2 Å². The van der Waals surface area contributed by atoms with E-state index in [-0.39, 0.29) is 24.2 Å². The highest BCUT2D eigenvalue weighted by atomic mass is 32.2. The number of urea groups is 1. The minimum absolute atomic E-state index is 0.0503. The Balaban J connectivity index is 1.14. The molecule has 14 heteroatoms. The van der Waals surface area contributed by atoms with Crippen molar-refractivity contribution in [1.82, 2.24) is 30.0 Å². The number of benzene rings is 1. The summed E-state index contributed by atoms with van der Waals surface area (Å²) >= 11 is 0. The largest absolute Gasteiger partial charge is 0.353 e. The van der Waals surface area contributed by atoms with Crippen molar-refractivity contribution in [3.8, 4) is 17.2 Å². The van der Waals surface area contributed by atoms with Gasteiger partial charge in [-0.2, -0.15) is 15.3 Å². The quantitative estimate of drug-likeness (QED) is 0.261. The number of carbonyl (C=O) groups excluding carboxylic acids is 1. The van der Waals surface area contributed by atoms with Crippen molar-refractivity contribution in [2.75, 3.05) is 40.7 Å². The third-order valence-electron chi connectivity index (χ3n) is 8.69. The molecule has 1 aromatic carbocycles. The van der Waals surface area contributed by atoms with Crippen LogP contribution in [0.25, 0.3) is 11.1 Å². The lowest BCUT2D eigenvalue weighted by molar-refractivity contribution is 0.240. The number of hydrogen-bond acceptors (Lipinski definition) is 10. The average molecular weight is 668 g/mol. The van der Waals surface area contributed by atoms with Crippen LogP contribution in [-0.2, 0) is 23.3 Å². The van der Waals surface area contributed by atoms with Crippen LogP contribution in [0.2, 0.25) is 0 Å². The number of aryl methyl sites for hydroxylation is 1. The van der Waals surface area contributed by atoms with Crippen molar-refractivity contribution in [3.05, 3.63) is 78.4 Å². The molecule has 2 aliphatic rings. The maximum absolute atomic E-state index is 13.7. The Bertz CT molecular complexity index is 1880. The molecule has 6 rings (SSSR count). The highest BCUT2D eigenvalue weighted by molar-refractivity contribution is 7.92. The Kier molecular flexibility index (Phi) is 9.86. The van der Waals surface area contributed by atoms with E-state index in [9.17, 15) is 14.3 Å². The molecule has 1 saturated heterocycles. The molecule has 0 radical (unpaired) electrons. The zero-order valence-corrected chi connectivity index (χ0v) is 28.3. The van der Waals surface area contributed by atoms with Crippen LogP contribution in [0.3, 0.4) is 0 Å². The Morgan fingerprint density at radius 2 is 1.83 bits per heavy atom. The van der Waals surface area contributed by atoms with E-state index in [0.717, 1.165) is 48.8 Å². The molecule has 2 amide bonds. The number of anilines is 3. The van der Waals surface area contributed by atoms with Gasteiger partial charge in [-0.3, -0.25) is 13.8 Å². The second kappa shape index (κ2) is 14.4. The summed E-state index contributed by atoms with van der Waals surface area (Å²) in [5.74, 6) is 1.64. The molecule has 1 atom stereocenters. The first-order valence-corrected chi connectivity index (χ1v) is 18.5. The van der Waals surface area contributed by atoms with Crippen LogP contribution >= 0.6 is 0 Å². The number of amides is 2. The van der Waals surface area contributed by atoms with E-state index in [1.807, 2.05) is 60.6 Å². The number of rotatable bonds is 9. The molecule has 0 spiro atoms. The van der Waals surface area contributed by atoms with Gasteiger partial charge in [0.05, 0.1) is 18.4 Å². The highest BCUT2D eigenvalue weighted by Crippen LogP contribution is 2.30. The Labute approximate surface area is 281 Å². The SMILES string of the molecule is Cn1cc(-c2ccc(N(C(=O)NCc3ccccc3)C3CCC(Nc4ncc(C#N)c(N5CCC(N=S(C)(C)=O)C5)n4)CC3)nc2)cn1. The van der Waals surface area contributed by atoms with E-state index in [4.69, 9.17) is 9.97 Å². The summed E-state index contributed by atoms with van der Waals surface area (Å²) in [5.41, 5.74) is 3.32. The second-order valence-corrected chi connectivity index (χ2v) is 15.3. The van der Waals surface area contributed by atoms with E-state index >= 15 is 0 Å². The van der Waals surface area contributed by atoms with Crippen molar-refractivity contribution in [3.63, 3.8) is 0 Å². The molecule has 13 nitrogen and oxygen atoms in total. The molecule has 0 bridgehead atoms. The van der Waals surface area contributed by atoms with E-state index in [2.05, 4.69) is 31.1 Å². The maximum atomic E-state index is 13.7. The summed E-state index contributed by atoms with van der Waals surface area (Å²) in [6, 6.07) is 15.7. The molecular formula is C34H41N11O2S. The van der Waals surface area contributed by atoms with Gasteiger partial charge in [0.2, 0.25) is 5.95 Å². The van der Waals surface area contributed by atoms with Gasteiger partial charge in [0, 0.05) is 84.5 Å². The lowest BCUT2D eigenvalue weighted by atomic mass is 9.90. The molecule has 1 aliphatic heterocycles. The molecule has 48 heavy (non-hydrogen) atoms. The van der Waals surface area contributed by atoms with Crippen LogP contribution < -0.4 is 20.4 Å². The summed E-state index contributed by atoms with van der Waals surface area (Å²) in [6.45, 7) is 1.66. The summed E-state index contributed by atoms with van der Waals surface area (Å²) in [5, 5.41) is 20.6. The van der Waals surface area contributed by atoms with E-state index < -0.39 is 9.73 Å². The number of nitriles is 1.